The van der Waals surface area contributed by atoms with Gasteiger partial charge in [0, 0.05) is 50.9 Å². The van der Waals surface area contributed by atoms with Crippen molar-refractivity contribution in [2.75, 3.05) is 59.2 Å². The third kappa shape index (κ3) is 7.80. The molecule has 2 saturated heterocycles. The Morgan fingerprint density at radius 1 is 1.31 bits per heavy atom. The largest absolute Gasteiger partial charge is 0.381 e. The standard InChI is InChI=1S/C23H35N5O4/c1-2-24-23(26-9-3-12-31-16-19-8-13-32-17-19)27-14-18-4-6-20(7-5-18)22(30)28-11-10-25-21(29)15-28/h4-7,19H,2-3,8-17H2,1H3,(H,25,29)(H2,24,26,27). The molecule has 176 valence electrons. The van der Waals surface area contributed by atoms with Crippen LogP contribution in [0, 0.1) is 5.92 Å². The lowest BCUT2D eigenvalue weighted by Crippen LogP contribution is -2.49. The van der Waals surface area contributed by atoms with E-state index in [9.17, 15) is 9.59 Å². The van der Waals surface area contributed by atoms with Gasteiger partial charge in [-0.25, -0.2) is 4.99 Å². The number of carbonyl (C=O) groups excluding carboxylic acids is 2. The number of hydrogen-bond acceptors (Lipinski definition) is 5. The van der Waals surface area contributed by atoms with Crippen molar-refractivity contribution in [3.8, 4) is 0 Å². The lowest BCUT2D eigenvalue weighted by molar-refractivity contribution is -0.123. The van der Waals surface area contributed by atoms with Gasteiger partial charge in [-0.2, -0.15) is 0 Å². The molecule has 1 unspecified atom stereocenters. The van der Waals surface area contributed by atoms with Crippen LogP contribution >= 0.6 is 0 Å². The van der Waals surface area contributed by atoms with Crippen molar-refractivity contribution in [1.29, 1.82) is 0 Å². The molecule has 1 aromatic rings. The van der Waals surface area contributed by atoms with E-state index in [1.807, 2.05) is 19.1 Å². The van der Waals surface area contributed by atoms with E-state index in [1.54, 1.807) is 17.0 Å². The van der Waals surface area contributed by atoms with Crippen LogP contribution in [0.15, 0.2) is 29.3 Å². The molecule has 0 aromatic heterocycles. The van der Waals surface area contributed by atoms with E-state index in [2.05, 4.69) is 20.9 Å². The van der Waals surface area contributed by atoms with Crippen LogP contribution < -0.4 is 16.0 Å². The van der Waals surface area contributed by atoms with Gasteiger partial charge in [0.05, 0.1) is 26.3 Å². The maximum absolute atomic E-state index is 12.6. The van der Waals surface area contributed by atoms with Crippen molar-refractivity contribution in [3.05, 3.63) is 35.4 Å². The first-order valence-electron chi connectivity index (χ1n) is 11.5. The van der Waals surface area contributed by atoms with Crippen molar-refractivity contribution >= 4 is 17.8 Å². The van der Waals surface area contributed by atoms with Crippen LogP contribution in [0.4, 0.5) is 0 Å². The number of benzene rings is 1. The quantitative estimate of drug-likeness (QED) is 0.279. The summed E-state index contributed by atoms with van der Waals surface area (Å²) in [4.78, 5) is 30.3. The molecule has 0 radical (unpaired) electrons. The summed E-state index contributed by atoms with van der Waals surface area (Å²) in [6.07, 6.45) is 2.00. The molecule has 0 saturated carbocycles. The maximum Gasteiger partial charge on any atom is 0.254 e. The Labute approximate surface area is 189 Å². The summed E-state index contributed by atoms with van der Waals surface area (Å²) >= 11 is 0. The van der Waals surface area contributed by atoms with Gasteiger partial charge in [0.1, 0.15) is 0 Å². The Hall–Kier alpha value is -2.65. The second-order valence-electron chi connectivity index (χ2n) is 8.05. The van der Waals surface area contributed by atoms with E-state index in [1.165, 1.54) is 0 Å². The number of rotatable bonds is 10. The van der Waals surface area contributed by atoms with Gasteiger partial charge in [0.25, 0.3) is 5.91 Å². The fourth-order valence-electron chi connectivity index (χ4n) is 3.61. The van der Waals surface area contributed by atoms with Crippen LogP contribution in [0.3, 0.4) is 0 Å². The van der Waals surface area contributed by atoms with Crippen LogP contribution in [0.1, 0.15) is 35.7 Å². The molecule has 2 aliphatic rings. The average molecular weight is 446 g/mol. The Morgan fingerprint density at radius 2 is 2.16 bits per heavy atom. The zero-order valence-electron chi connectivity index (χ0n) is 18.9. The molecule has 2 amide bonds. The number of hydrogen-bond donors (Lipinski definition) is 3. The summed E-state index contributed by atoms with van der Waals surface area (Å²) in [6.45, 7) is 8.42. The third-order valence-corrected chi connectivity index (χ3v) is 5.43. The van der Waals surface area contributed by atoms with Crippen LogP contribution in [0.2, 0.25) is 0 Å². The molecule has 0 bridgehead atoms. The molecular formula is C23H35N5O4. The number of amides is 2. The predicted octanol–water partition coefficient (Wildman–Crippen LogP) is 0.757. The van der Waals surface area contributed by atoms with Crippen LogP contribution in [0.25, 0.3) is 0 Å². The topological polar surface area (TPSA) is 104 Å². The number of carbonyl (C=O) groups is 2. The predicted molar refractivity (Wildman–Crippen MR) is 123 cm³/mol. The first kappa shape index (κ1) is 24.0. The summed E-state index contributed by atoms with van der Waals surface area (Å²) in [5.74, 6) is 1.07. The van der Waals surface area contributed by atoms with E-state index in [0.717, 1.165) is 63.9 Å². The first-order valence-corrected chi connectivity index (χ1v) is 11.5. The Kier molecular flexibility index (Phi) is 9.77. The average Bonchev–Trinajstić information content (AvgIpc) is 3.33. The monoisotopic (exact) mass is 445 g/mol. The highest BCUT2D eigenvalue weighted by Crippen LogP contribution is 2.12. The number of nitrogens with one attached hydrogen (secondary N) is 3. The van der Waals surface area contributed by atoms with Crippen molar-refractivity contribution in [2.24, 2.45) is 10.9 Å². The summed E-state index contributed by atoms with van der Waals surface area (Å²) in [5.41, 5.74) is 1.60. The molecule has 9 nitrogen and oxygen atoms in total. The number of nitrogens with zero attached hydrogens (tertiary/aromatic N) is 2. The Morgan fingerprint density at radius 3 is 2.88 bits per heavy atom. The van der Waals surface area contributed by atoms with Gasteiger partial charge in [-0.1, -0.05) is 12.1 Å². The molecule has 0 spiro atoms. The van der Waals surface area contributed by atoms with Gasteiger partial charge in [-0.05, 0) is 37.5 Å². The van der Waals surface area contributed by atoms with E-state index in [4.69, 9.17) is 9.47 Å². The second kappa shape index (κ2) is 13.0. The summed E-state index contributed by atoms with van der Waals surface area (Å²) in [5, 5.41) is 9.31. The zero-order valence-corrected chi connectivity index (χ0v) is 18.9. The SMILES string of the molecule is CCNC(=NCc1ccc(C(=O)N2CCNC(=O)C2)cc1)NCCCOCC1CCOC1. The Balaban J connectivity index is 1.40. The summed E-state index contributed by atoms with van der Waals surface area (Å²) in [7, 11) is 0. The van der Waals surface area contributed by atoms with Gasteiger partial charge in [0.15, 0.2) is 5.96 Å². The minimum atomic E-state index is -0.118. The second-order valence-corrected chi connectivity index (χ2v) is 8.05. The van der Waals surface area contributed by atoms with E-state index >= 15 is 0 Å². The van der Waals surface area contributed by atoms with Gasteiger partial charge >= 0.3 is 0 Å². The molecule has 3 rings (SSSR count). The molecule has 32 heavy (non-hydrogen) atoms. The van der Waals surface area contributed by atoms with Crippen molar-refractivity contribution in [1.82, 2.24) is 20.9 Å². The molecule has 1 aromatic carbocycles. The third-order valence-electron chi connectivity index (χ3n) is 5.43. The number of piperazine rings is 1. The van der Waals surface area contributed by atoms with Crippen molar-refractivity contribution < 1.29 is 19.1 Å². The smallest absolute Gasteiger partial charge is 0.254 e. The highest BCUT2D eigenvalue weighted by molar-refractivity contribution is 5.97. The summed E-state index contributed by atoms with van der Waals surface area (Å²) < 4.78 is 11.1. The fourth-order valence-corrected chi connectivity index (χ4v) is 3.61. The molecule has 3 N–H and O–H groups in total. The first-order chi connectivity index (χ1) is 15.7. The van der Waals surface area contributed by atoms with Gasteiger partial charge in [-0.3, -0.25) is 9.59 Å². The molecule has 2 fully saturated rings. The van der Waals surface area contributed by atoms with E-state index in [0.29, 0.717) is 31.1 Å². The lowest BCUT2D eigenvalue weighted by atomic mass is 10.1. The highest BCUT2D eigenvalue weighted by Gasteiger charge is 2.22. The highest BCUT2D eigenvalue weighted by atomic mass is 16.5. The van der Waals surface area contributed by atoms with Gasteiger partial charge < -0.3 is 30.3 Å². The number of aliphatic imine (C=N–C) groups is 1. The number of guanidine groups is 1. The van der Waals surface area contributed by atoms with Crippen LogP contribution in [-0.4, -0.2) is 81.8 Å². The number of ether oxygens (including phenoxy) is 2. The molecule has 2 heterocycles. The zero-order chi connectivity index (χ0) is 22.6. The minimum absolute atomic E-state index is 0.114. The van der Waals surface area contributed by atoms with Crippen LogP contribution in [-0.2, 0) is 20.8 Å². The normalized spacial score (nSPS) is 19.0. The van der Waals surface area contributed by atoms with E-state index < -0.39 is 0 Å². The van der Waals surface area contributed by atoms with E-state index in [-0.39, 0.29) is 18.4 Å². The Bertz CT molecular complexity index is 762. The summed E-state index contributed by atoms with van der Waals surface area (Å²) in [6, 6.07) is 7.41. The fraction of sp³-hybridized carbons (Fsp3) is 0.609. The van der Waals surface area contributed by atoms with Crippen LogP contribution in [0.5, 0.6) is 0 Å². The van der Waals surface area contributed by atoms with Gasteiger partial charge in [-0.15, -0.1) is 0 Å². The molecule has 9 heteroatoms. The maximum atomic E-state index is 12.6. The molecular weight excluding hydrogens is 410 g/mol. The molecule has 2 aliphatic heterocycles. The lowest BCUT2D eigenvalue weighted by Gasteiger charge is -2.26. The van der Waals surface area contributed by atoms with Crippen molar-refractivity contribution in [3.63, 3.8) is 0 Å². The molecule has 1 atom stereocenters. The van der Waals surface area contributed by atoms with Gasteiger partial charge in [0.2, 0.25) is 5.91 Å². The van der Waals surface area contributed by atoms with Crippen molar-refractivity contribution in [2.45, 2.75) is 26.3 Å². The molecule has 0 aliphatic carbocycles. The minimum Gasteiger partial charge on any atom is -0.381 e.